The molecule has 1 aliphatic rings. The highest BCUT2D eigenvalue weighted by Crippen LogP contribution is 2.24. The smallest absolute Gasteiger partial charge is 0.166 e. The van der Waals surface area contributed by atoms with E-state index in [2.05, 4.69) is 34.7 Å². The van der Waals surface area contributed by atoms with Gasteiger partial charge < -0.3 is 15.6 Å². The Hall–Kier alpha value is -1.81. The normalized spacial score (nSPS) is 22.6. The molecule has 1 heterocycles. The molecule has 3 rings (SSSR count). The molecule has 0 bridgehead atoms. The molecule has 1 saturated carbocycles. The minimum absolute atomic E-state index is 0.424. The summed E-state index contributed by atoms with van der Waals surface area (Å²) < 4.78 is 5.14. The van der Waals surface area contributed by atoms with Gasteiger partial charge in [0.25, 0.3) is 0 Å². The number of nitrogens with two attached hydrogens (primary N) is 1. The molecule has 0 amide bonds. The molecule has 20 heavy (non-hydrogen) atoms. The molecular formula is C16H21N3O. The molecule has 1 aliphatic carbocycles. The quantitative estimate of drug-likeness (QED) is 0.895. The van der Waals surface area contributed by atoms with Gasteiger partial charge in [0.2, 0.25) is 0 Å². The summed E-state index contributed by atoms with van der Waals surface area (Å²) in [5, 5.41) is 7.24. The van der Waals surface area contributed by atoms with Crippen LogP contribution in [0.3, 0.4) is 0 Å². The lowest BCUT2D eigenvalue weighted by atomic mass is 9.86. The lowest BCUT2D eigenvalue weighted by Gasteiger charge is -2.26. The van der Waals surface area contributed by atoms with Crippen LogP contribution in [-0.2, 0) is 0 Å². The zero-order chi connectivity index (χ0) is 13.8. The summed E-state index contributed by atoms with van der Waals surface area (Å²) >= 11 is 0. The molecule has 0 radical (unpaired) electrons. The second-order valence-electron chi connectivity index (χ2n) is 5.62. The summed E-state index contributed by atoms with van der Waals surface area (Å²) in [6.45, 7) is 1.04. The molecule has 4 heteroatoms. The molecule has 0 saturated heterocycles. The molecule has 1 aromatic heterocycles. The molecule has 2 aromatic rings. The van der Waals surface area contributed by atoms with E-state index in [4.69, 9.17) is 10.3 Å². The Kier molecular flexibility index (Phi) is 4.02. The second kappa shape index (κ2) is 6.09. The number of nitrogens with zero attached hydrogens (tertiary/aromatic N) is 1. The van der Waals surface area contributed by atoms with Crippen LogP contribution in [0.15, 0.2) is 41.1 Å². The predicted molar refractivity (Wildman–Crippen MR) is 80.4 cm³/mol. The van der Waals surface area contributed by atoms with Crippen LogP contribution in [0.2, 0.25) is 0 Å². The average molecular weight is 271 g/mol. The van der Waals surface area contributed by atoms with Crippen molar-refractivity contribution in [3.63, 3.8) is 0 Å². The van der Waals surface area contributed by atoms with E-state index >= 15 is 0 Å². The first-order valence-electron chi connectivity index (χ1n) is 7.32. The Morgan fingerprint density at radius 1 is 1.10 bits per heavy atom. The van der Waals surface area contributed by atoms with Crippen molar-refractivity contribution in [1.29, 1.82) is 0 Å². The van der Waals surface area contributed by atoms with Crippen LogP contribution in [0.5, 0.6) is 0 Å². The molecule has 106 valence electrons. The first-order chi connectivity index (χ1) is 9.81. The van der Waals surface area contributed by atoms with Gasteiger partial charge in [-0.2, -0.15) is 0 Å². The highest BCUT2D eigenvalue weighted by Gasteiger charge is 2.17. The minimum Gasteiger partial charge on any atom is -0.385 e. The molecule has 4 nitrogen and oxygen atoms in total. The van der Waals surface area contributed by atoms with Crippen LogP contribution in [0.25, 0.3) is 11.3 Å². The van der Waals surface area contributed by atoms with Crippen molar-refractivity contribution < 1.29 is 4.52 Å². The highest BCUT2D eigenvalue weighted by atomic mass is 16.5. The van der Waals surface area contributed by atoms with E-state index in [1.54, 1.807) is 6.20 Å². The van der Waals surface area contributed by atoms with Crippen molar-refractivity contribution in [2.24, 2.45) is 11.7 Å². The van der Waals surface area contributed by atoms with Gasteiger partial charge in [0.05, 0.1) is 6.20 Å². The van der Waals surface area contributed by atoms with Gasteiger partial charge in [0, 0.05) is 29.9 Å². The van der Waals surface area contributed by atoms with Crippen molar-refractivity contribution in [3.8, 4) is 11.3 Å². The molecule has 0 unspecified atom stereocenters. The Bertz CT molecular complexity index is 513. The lowest BCUT2D eigenvalue weighted by molar-refractivity contribution is 0.339. The molecule has 0 spiro atoms. The average Bonchev–Trinajstić information content (AvgIpc) is 3.01. The zero-order valence-electron chi connectivity index (χ0n) is 11.6. The largest absolute Gasteiger partial charge is 0.385 e. The van der Waals surface area contributed by atoms with Crippen LogP contribution in [0.1, 0.15) is 25.7 Å². The fraction of sp³-hybridized carbons (Fsp3) is 0.438. The van der Waals surface area contributed by atoms with Crippen molar-refractivity contribution in [2.45, 2.75) is 31.7 Å². The number of rotatable bonds is 4. The number of nitrogens with one attached hydrogen (secondary N) is 1. The topological polar surface area (TPSA) is 64.1 Å². The standard InChI is InChI=1S/C16H21N3O/c17-14-5-1-12(2-6-14)11-18-15-7-3-13(4-8-15)16-9-10-19-20-16/h3-4,7-10,12,14,18H,1-2,5-6,11,17H2/t12-,14-. The first kappa shape index (κ1) is 13.2. The highest BCUT2D eigenvalue weighted by molar-refractivity contribution is 5.60. The van der Waals surface area contributed by atoms with Crippen molar-refractivity contribution in [3.05, 3.63) is 36.5 Å². The fourth-order valence-electron chi connectivity index (χ4n) is 2.77. The minimum atomic E-state index is 0.424. The maximum Gasteiger partial charge on any atom is 0.166 e. The van der Waals surface area contributed by atoms with E-state index in [0.29, 0.717) is 6.04 Å². The first-order valence-corrected chi connectivity index (χ1v) is 7.32. The Balaban J connectivity index is 1.53. The van der Waals surface area contributed by atoms with E-state index in [1.165, 1.54) is 12.8 Å². The maximum atomic E-state index is 5.93. The van der Waals surface area contributed by atoms with Gasteiger partial charge in [-0.05, 0) is 55.9 Å². The number of hydrogen-bond donors (Lipinski definition) is 2. The third kappa shape index (κ3) is 3.20. The summed E-state index contributed by atoms with van der Waals surface area (Å²) in [5.41, 5.74) is 8.14. The molecule has 3 N–H and O–H groups in total. The molecule has 0 aliphatic heterocycles. The molecule has 1 aromatic carbocycles. The molecule has 1 fully saturated rings. The van der Waals surface area contributed by atoms with Gasteiger partial charge in [-0.25, -0.2) is 0 Å². The van der Waals surface area contributed by atoms with E-state index in [0.717, 1.165) is 42.3 Å². The molecule has 0 atom stereocenters. The van der Waals surface area contributed by atoms with Crippen molar-refractivity contribution in [1.82, 2.24) is 5.16 Å². The van der Waals surface area contributed by atoms with Gasteiger partial charge in [-0.3, -0.25) is 0 Å². The summed E-state index contributed by atoms with van der Waals surface area (Å²) in [4.78, 5) is 0. The Morgan fingerprint density at radius 2 is 1.85 bits per heavy atom. The summed E-state index contributed by atoms with van der Waals surface area (Å²) in [5.74, 6) is 1.56. The van der Waals surface area contributed by atoms with Crippen LogP contribution in [0.4, 0.5) is 5.69 Å². The second-order valence-corrected chi connectivity index (χ2v) is 5.62. The summed E-state index contributed by atoms with van der Waals surface area (Å²) in [6, 6.07) is 10.6. The van der Waals surface area contributed by atoms with E-state index in [9.17, 15) is 0 Å². The van der Waals surface area contributed by atoms with Crippen LogP contribution in [0, 0.1) is 5.92 Å². The van der Waals surface area contributed by atoms with Gasteiger partial charge in [0.15, 0.2) is 5.76 Å². The van der Waals surface area contributed by atoms with E-state index in [-0.39, 0.29) is 0 Å². The van der Waals surface area contributed by atoms with Gasteiger partial charge in [-0.1, -0.05) is 5.16 Å². The summed E-state index contributed by atoms with van der Waals surface area (Å²) in [6.07, 6.45) is 6.47. The number of hydrogen-bond acceptors (Lipinski definition) is 4. The summed E-state index contributed by atoms with van der Waals surface area (Å²) in [7, 11) is 0. The van der Waals surface area contributed by atoms with Crippen LogP contribution < -0.4 is 11.1 Å². The van der Waals surface area contributed by atoms with Crippen LogP contribution >= 0.6 is 0 Å². The monoisotopic (exact) mass is 271 g/mol. The number of anilines is 1. The van der Waals surface area contributed by atoms with Crippen molar-refractivity contribution in [2.75, 3.05) is 11.9 Å². The van der Waals surface area contributed by atoms with Crippen LogP contribution in [-0.4, -0.2) is 17.7 Å². The lowest BCUT2D eigenvalue weighted by Crippen LogP contribution is -2.29. The SMILES string of the molecule is N[C@H]1CC[C@H](CNc2ccc(-c3ccno3)cc2)CC1. The predicted octanol–water partition coefficient (Wildman–Crippen LogP) is 3.27. The van der Waals surface area contributed by atoms with Gasteiger partial charge in [0.1, 0.15) is 0 Å². The third-order valence-corrected chi connectivity index (χ3v) is 4.09. The van der Waals surface area contributed by atoms with Crippen molar-refractivity contribution >= 4 is 5.69 Å². The van der Waals surface area contributed by atoms with E-state index < -0.39 is 0 Å². The fourth-order valence-corrected chi connectivity index (χ4v) is 2.77. The van der Waals surface area contributed by atoms with Gasteiger partial charge in [-0.15, -0.1) is 0 Å². The molecular weight excluding hydrogens is 250 g/mol. The maximum absolute atomic E-state index is 5.93. The number of aromatic nitrogens is 1. The van der Waals surface area contributed by atoms with E-state index in [1.807, 2.05) is 6.07 Å². The Labute approximate surface area is 119 Å². The zero-order valence-corrected chi connectivity index (χ0v) is 11.6. The third-order valence-electron chi connectivity index (χ3n) is 4.09. The Morgan fingerprint density at radius 3 is 2.50 bits per heavy atom. The number of benzene rings is 1. The van der Waals surface area contributed by atoms with Gasteiger partial charge >= 0.3 is 0 Å².